The van der Waals surface area contributed by atoms with Gasteiger partial charge in [0.25, 0.3) is 0 Å². The number of phenolic OH excluding ortho intramolecular Hbond substituents is 1. The standard InChI is InChI=1S/C26H25N5O19S6.4Na/c27-20-11-15-12-24(54(40,41)42)25(31-28-16-1-3-17(4-2-16)51(33,34)9-7-49-55(43,44)45)26(32)19(15)14-22(20)30-29-21-6-5-18(13-23(21)53(37,38)39)52(35,36)10-8-50-56(46,47)48;;;;/h1-6,11-14,32H,7-10,27H2,(H,37,38,39)(H,40,41,42)(H,43,44,45)(H,46,47,48);;;;/q;4*+1/p-4. The second-order valence-electron chi connectivity index (χ2n) is 10.7. The fourth-order valence-electron chi connectivity index (χ4n) is 4.41. The van der Waals surface area contributed by atoms with E-state index in [2.05, 4.69) is 28.8 Å². The molecule has 60 heavy (non-hydrogen) atoms. The molecule has 0 saturated heterocycles. The first-order chi connectivity index (χ1) is 25.6. The summed E-state index contributed by atoms with van der Waals surface area (Å²) in [4.78, 5) is -3.48. The molecule has 0 bridgehead atoms. The van der Waals surface area contributed by atoms with E-state index in [9.17, 15) is 73.8 Å². The molecule has 0 aliphatic heterocycles. The van der Waals surface area contributed by atoms with Crippen LogP contribution < -0.4 is 124 Å². The minimum Gasteiger partial charge on any atom is -0.744 e. The summed E-state index contributed by atoms with van der Waals surface area (Å²) in [6, 6.07) is 8.73. The zero-order valence-electron chi connectivity index (χ0n) is 31.2. The van der Waals surface area contributed by atoms with E-state index >= 15 is 0 Å². The van der Waals surface area contributed by atoms with E-state index in [1.807, 2.05) is 0 Å². The number of nitrogens with zero attached hydrogens (tertiary/aromatic N) is 4. The van der Waals surface area contributed by atoms with Gasteiger partial charge >= 0.3 is 118 Å². The van der Waals surface area contributed by atoms with Crippen molar-refractivity contribution in [3.8, 4) is 5.75 Å². The summed E-state index contributed by atoms with van der Waals surface area (Å²) in [6.07, 6.45) is 0. The van der Waals surface area contributed by atoms with Crippen LogP contribution >= 0.6 is 0 Å². The molecule has 0 aromatic heterocycles. The van der Waals surface area contributed by atoms with Crippen LogP contribution in [-0.2, 0) is 69.1 Å². The molecule has 24 nitrogen and oxygen atoms in total. The van der Waals surface area contributed by atoms with Crippen molar-refractivity contribution in [3.05, 3.63) is 60.7 Å². The minimum absolute atomic E-state index is 0. The third-order valence-electron chi connectivity index (χ3n) is 6.91. The van der Waals surface area contributed by atoms with Gasteiger partial charge in [0.1, 0.15) is 37.3 Å². The summed E-state index contributed by atoms with van der Waals surface area (Å²) in [5.74, 6) is -3.00. The van der Waals surface area contributed by atoms with E-state index in [0.29, 0.717) is 6.07 Å². The first-order valence-electron chi connectivity index (χ1n) is 14.3. The van der Waals surface area contributed by atoms with Crippen molar-refractivity contribution in [2.24, 2.45) is 20.5 Å². The molecule has 3 N–H and O–H groups in total. The Labute approximate surface area is 431 Å². The maximum atomic E-state index is 12.5. The number of aromatic hydroxyl groups is 1. The van der Waals surface area contributed by atoms with Gasteiger partial charge < -0.3 is 29.1 Å². The normalized spacial score (nSPS) is 12.7. The number of azo groups is 2. The van der Waals surface area contributed by atoms with Crippen molar-refractivity contribution in [1.29, 1.82) is 0 Å². The molecular formula is C26H21N5Na4O19S6. The van der Waals surface area contributed by atoms with Crippen molar-refractivity contribution in [2.45, 2.75) is 19.6 Å². The van der Waals surface area contributed by atoms with Crippen LogP contribution in [-0.4, -0.2) is 98.5 Å². The van der Waals surface area contributed by atoms with E-state index in [4.69, 9.17) is 5.73 Å². The van der Waals surface area contributed by atoms with Crippen molar-refractivity contribution in [3.63, 3.8) is 0 Å². The molecular weight excluding hydrogens is 971 g/mol. The van der Waals surface area contributed by atoms with Gasteiger partial charge in [-0.25, -0.2) is 50.5 Å². The number of hydrogen-bond donors (Lipinski definition) is 2. The summed E-state index contributed by atoms with van der Waals surface area (Å²) < 4.78 is 194. The topological polar surface area (TPSA) is 411 Å². The Morgan fingerprint density at radius 2 is 1.02 bits per heavy atom. The Bertz CT molecular complexity index is 2980. The van der Waals surface area contributed by atoms with Gasteiger partial charge in [0.2, 0.25) is 20.8 Å². The largest absolute Gasteiger partial charge is 1.00 e. The zero-order chi connectivity index (χ0) is 42.1. The van der Waals surface area contributed by atoms with Crippen LogP contribution in [0.5, 0.6) is 5.75 Å². The molecule has 4 aromatic rings. The fourth-order valence-corrected chi connectivity index (χ4v) is 8.75. The first-order valence-corrected chi connectivity index (χ1v) is 23.1. The monoisotopic (exact) mass is 991 g/mol. The van der Waals surface area contributed by atoms with Crippen molar-refractivity contribution >= 4 is 99.9 Å². The molecule has 0 saturated carbocycles. The average molecular weight is 992 g/mol. The number of rotatable bonds is 16. The van der Waals surface area contributed by atoms with Gasteiger partial charge in [0.05, 0.1) is 55.7 Å². The number of hydrogen-bond acceptors (Lipinski definition) is 24. The molecule has 0 radical (unpaired) electrons. The van der Waals surface area contributed by atoms with Crippen molar-refractivity contribution < 1.29 is 200 Å². The van der Waals surface area contributed by atoms with E-state index in [1.54, 1.807) is 0 Å². The molecule has 4 aromatic carbocycles. The predicted octanol–water partition coefficient (Wildman–Crippen LogP) is -10.7. The Morgan fingerprint density at radius 3 is 1.50 bits per heavy atom. The van der Waals surface area contributed by atoms with Crippen molar-refractivity contribution in [1.82, 2.24) is 0 Å². The molecule has 0 unspecified atom stereocenters. The van der Waals surface area contributed by atoms with E-state index < -0.39 is 117 Å². The number of nitrogens with two attached hydrogens (primary N) is 1. The molecule has 4 rings (SSSR count). The number of nitrogen functional groups attached to an aromatic ring is 1. The van der Waals surface area contributed by atoms with Crippen LogP contribution in [0, 0.1) is 0 Å². The average Bonchev–Trinajstić information content (AvgIpc) is 3.05. The summed E-state index contributed by atoms with van der Waals surface area (Å²) in [7, 11) is -30.0. The van der Waals surface area contributed by atoms with Crippen molar-refractivity contribution in [2.75, 3.05) is 30.5 Å². The summed E-state index contributed by atoms with van der Waals surface area (Å²) in [5.41, 5.74) is 3.48. The molecule has 0 heterocycles. The third-order valence-corrected chi connectivity index (χ3v) is 12.9. The van der Waals surface area contributed by atoms with Gasteiger partial charge in [-0.3, -0.25) is 8.37 Å². The summed E-state index contributed by atoms with van der Waals surface area (Å²) >= 11 is 0. The van der Waals surface area contributed by atoms with Crippen LogP contribution in [0.2, 0.25) is 0 Å². The van der Waals surface area contributed by atoms with Gasteiger partial charge in [-0.2, -0.15) is 5.11 Å². The van der Waals surface area contributed by atoms with Gasteiger partial charge in [-0.05, 0) is 66.0 Å². The third kappa shape index (κ3) is 16.8. The number of anilines is 1. The van der Waals surface area contributed by atoms with Crippen LogP contribution in [0.25, 0.3) is 10.8 Å². The second kappa shape index (κ2) is 23.0. The first kappa shape index (κ1) is 59.4. The van der Waals surface area contributed by atoms with E-state index in [1.165, 1.54) is 0 Å². The molecule has 0 aliphatic rings. The molecule has 0 amide bonds. The number of sulfone groups is 2. The van der Waals surface area contributed by atoms with E-state index in [-0.39, 0.29) is 151 Å². The molecule has 0 spiro atoms. The van der Waals surface area contributed by atoms with Gasteiger partial charge in [-0.15, -0.1) is 15.3 Å². The predicted molar refractivity (Wildman–Crippen MR) is 183 cm³/mol. The Morgan fingerprint density at radius 1 is 0.550 bits per heavy atom. The van der Waals surface area contributed by atoms with E-state index in [0.717, 1.165) is 54.6 Å². The summed E-state index contributed by atoms with van der Waals surface area (Å²) in [5, 5.41) is 25.3. The van der Waals surface area contributed by atoms with Crippen LogP contribution in [0.15, 0.2) is 101 Å². The molecule has 0 atom stereocenters. The maximum absolute atomic E-state index is 12.5. The molecule has 304 valence electrons. The second-order valence-corrected chi connectivity index (χ2v) is 19.8. The smallest absolute Gasteiger partial charge is 0.744 e. The molecule has 0 fully saturated rings. The van der Waals surface area contributed by atoms with Gasteiger partial charge in [-0.1, -0.05) is 0 Å². The van der Waals surface area contributed by atoms with Crippen LogP contribution in [0.1, 0.15) is 0 Å². The number of phenols is 1. The SMILES string of the molecule is Nc1cc2cc(S(=O)(=O)[O-])c(N=Nc3ccc(S(=O)(=O)CCOS(=O)(=O)[O-])cc3)c(O)c2cc1N=Nc1ccc(S(=O)(=O)CCOS(=O)(=O)[O-])cc1S(=O)(=O)[O-].[Na+].[Na+].[Na+].[Na+]. The zero-order valence-corrected chi connectivity index (χ0v) is 44.1. The Balaban J connectivity index is 0.00000870. The molecule has 34 heteroatoms. The fraction of sp³-hybridized carbons (Fsp3) is 0.154. The number of benzene rings is 4. The Hall–Kier alpha value is -0.600. The van der Waals surface area contributed by atoms with Crippen LogP contribution in [0.4, 0.5) is 28.4 Å². The number of fused-ring (bicyclic) bond motifs is 1. The quantitative estimate of drug-likeness (QED) is 0.0346. The van der Waals surface area contributed by atoms with Gasteiger partial charge in [0, 0.05) is 5.39 Å². The van der Waals surface area contributed by atoms with Crippen LogP contribution in [0.3, 0.4) is 0 Å². The maximum Gasteiger partial charge on any atom is 1.00 e. The van der Waals surface area contributed by atoms with Gasteiger partial charge in [0.15, 0.2) is 25.4 Å². The summed E-state index contributed by atoms with van der Waals surface area (Å²) in [6.45, 7) is -2.10. The Kier molecular flexibility index (Phi) is 22.8. The molecule has 0 aliphatic carbocycles. The minimum atomic E-state index is -5.48.